The minimum absolute atomic E-state index is 0.0457. The third kappa shape index (κ3) is 12.3. The van der Waals surface area contributed by atoms with Crippen LogP contribution in [-0.2, 0) is 39.9 Å². The fourth-order valence-corrected chi connectivity index (χ4v) is 10.4. The molecular weight excluding hydrogens is 961 g/mol. The van der Waals surface area contributed by atoms with Crippen LogP contribution in [-0.4, -0.2) is 136 Å². The van der Waals surface area contributed by atoms with Crippen LogP contribution >= 0.6 is 34.3 Å². The number of aliphatic hydroxyl groups excluding tert-OH is 1. The first-order chi connectivity index (χ1) is 33.4. The number of rotatable bonds is 20. The van der Waals surface area contributed by atoms with E-state index in [1.54, 1.807) is 37.6 Å². The topological polar surface area (TPSA) is 211 Å². The van der Waals surface area contributed by atoms with E-state index >= 15 is 4.39 Å². The second kappa shape index (κ2) is 23.2. The van der Waals surface area contributed by atoms with E-state index in [2.05, 4.69) is 45.0 Å². The Balaban J connectivity index is 0.806. The van der Waals surface area contributed by atoms with Crippen molar-refractivity contribution in [2.75, 3.05) is 52.7 Å². The summed E-state index contributed by atoms with van der Waals surface area (Å²) in [5.74, 6) is -0.984. The number of halogens is 2. The number of β-amino-alcohol motifs (C(OH)–C–C–N with tert-alkyl or cyclic N) is 1. The summed E-state index contributed by atoms with van der Waals surface area (Å²) >= 11 is 9.39. The molecule has 21 heteroatoms. The second-order valence-corrected chi connectivity index (χ2v) is 20.7. The Bertz CT molecular complexity index is 2680. The fourth-order valence-electron chi connectivity index (χ4n) is 8.22. The highest BCUT2D eigenvalue weighted by Crippen LogP contribution is 2.40. The van der Waals surface area contributed by atoms with Gasteiger partial charge in [-0.1, -0.05) is 68.8 Å². The summed E-state index contributed by atoms with van der Waals surface area (Å²) in [5.41, 5.74) is 7.32. The number of likely N-dealkylation sites (tertiary alicyclic amines) is 1. The van der Waals surface area contributed by atoms with Gasteiger partial charge in [0.15, 0.2) is 12.0 Å². The monoisotopic (exact) mass is 1020 g/mol. The van der Waals surface area contributed by atoms with Gasteiger partial charge < -0.3 is 40.2 Å². The molecule has 5 atom stereocenters. The number of carbonyl (C=O) groups is 4. The molecule has 5 heterocycles. The summed E-state index contributed by atoms with van der Waals surface area (Å²) in [6.07, 6.45) is -3.56. The van der Waals surface area contributed by atoms with Crippen molar-refractivity contribution < 1.29 is 42.9 Å². The van der Waals surface area contributed by atoms with E-state index < -0.39 is 60.1 Å². The molecular formula is C49H59ClFN9O8S2. The average molecular weight is 1020 g/mol. The average Bonchev–Trinajstić information content (AvgIpc) is 4.06. The number of hydrogen-bond donors (Lipinski definition) is 4. The summed E-state index contributed by atoms with van der Waals surface area (Å²) in [6.45, 7) is 13.6. The number of nitrogens with zero attached hydrogens (tertiary/aromatic N) is 6. The van der Waals surface area contributed by atoms with E-state index in [4.69, 9.17) is 30.8 Å². The second-order valence-electron chi connectivity index (χ2n) is 18.2. The van der Waals surface area contributed by atoms with Crippen molar-refractivity contribution in [3.63, 3.8) is 0 Å². The molecule has 2 aliphatic heterocycles. The van der Waals surface area contributed by atoms with Crippen molar-refractivity contribution in [3.05, 3.63) is 104 Å². The van der Waals surface area contributed by atoms with Crippen molar-refractivity contribution in [2.45, 2.75) is 91.8 Å². The van der Waals surface area contributed by atoms with Crippen LogP contribution in [0.25, 0.3) is 15.4 Å². The smallest absolute Gasteiger partial charge is 0.246 e. The normalized spacial score (nSPS) is 18.1. The number of aliphatic imine (C=N–C) groups is 1. The molecule has 3 aromatic heterocycles. The first kappa shape index (κ1) is 52.3. The maximum absolute atomic E-state index is 15.4. The van der Waals surface area contributed by atoms with Crippen molar-refractivity contribution in [3.8, 4) is 15.4 Å². The van der Waals surface area contributed by atoms with Crippen LogP contribution in [0, 0.1) is 33.1 Å². The fraction of sp³-hybridized carbons (Fsp3) is 0.469. The van der Waals surface area contributed by atoms with Crippen LogP contribution in [0.5, 0.6) is 0 Å². The lowest BCUT2D eigenvalue weighted by Gasteiger charge is -2.35. The van der Waals surface area contributed by atoms with Gasteiger partial charge in [0.05, 0.1) is 67.8 Å². The number of alkyl halides is 1. The first-order valence-electron chi connectivity index (χ1n) is 23.0. The number of aromatic nitrogens is 4. The zero-order valence-corrected chi connectivity index (χ0v) is 42.6. The lowest BCUT2D eigenvalue weighted by molar-refractivity contribution is -0.145. The van der Waals surface area contributed by atoms with Crippen LogP contribution in [0.1, 0.15) is 77.7 Å². The Morgan fingerprint density at radius 3 is 2.24 bits per heavy atom. The molecule has 4 N–H and O–H groups in total. The Kier molecular flexibility index (Phi) is 17.3. The summed E-state index contributed by atoms with van der Waals surface area (Å²) < 4.78 is 34.1. The van der Waals surface area contributed by atoms with Gasteiger partial charge in [-0.05, 0) is 61.9 Å². The van der Waals surface area contributed by atoms with E-state index in [0.29, 0.717) is 16.7 Å². The molecule has 1 fully saturated rings. The minimum Gasteiger partial charge on any atom is -0.388 e. The summed E-state index contributed by atoms with van der Waals surface area (Å²) in [5, 5.41) is 29.2. The Labute approximate surface area is 419 Å². The van der Waals surface area contributed by atoms with Gasteiger partial charge in [-0.25, -0.2) is 9.37 Å². The maximum atomic E-state index is 15.4. The molecule has 1 saturated heterocycles. The van der Waals surface area contributed by atoms with Crippen LogP contribution in [0.3, 0.4) is 0 Å². The van der Waals surface area contributed by atoms with Gasteiger partial charge in [0.2, 0.25) is 23.6 Å². The molecule has 7 rings (SSSR count). The molecule has 1 unspecified atom stereocenters. The van der Waals surface area contributed by atoms with Crippen molar-refractivity contribution in [1.82, 2.24) is 40.6 Å². The summed E-state index contributed by atoms with van der Waals surface area (Å²) in [4.78, 5) is 66.3. The van der Waals surface area contributed by atoms with E-state index in [1.807, 2.05) is 66.9 Å². The molecule has 17 nitrogen and oxygen atoms in total. The van der Waals surface area contributed by atoms with Crippen LogP contribution in [0.15, 0.2) is 59.0 Å². The van der Waals surface area contributed by atoms with Gasteiger partial charge in [0, 0.05) is 34.1 Å². The van der Waals surface area contributed by atoms with Gasteiger partial charge in [-0.2, -0.15) is 0 Å². The van der Waals surface area contributed by atoms with Crippen LogP contribution < -0.4 is 16.0 Å². The minimum atomic E-state index is -2.03. The molecule has 2 aromatic carbocycles. The zero-order chi connectivity index (χ0) is 50.3. The van der Waals surface area contributed by atoms with E-state index in [0.717, 1.165) is 58.9 Å². The number of hydrogen-bond acceptors (Lipinski definition) is 14. The Morgan fingerprint density at radius 1 is 0.900 bits per heavy atom. The van der Waals surface area contributed by atoms with E-state index in [1.165, 1.54) is 11.3 Å². The van der Waals surface area contributed by atoms with Crippen LogP contribution in [0.4, 0.5) is 4.39 Å². The molecule has 374 valence electrons. The summed E-state index contributed by atoms with van der Waals surface area (Å²) in [7, 11) is 0. The number of aryl methyl sites for hydroxylation is 3. The maximum Gasteiger partial charge on any atom is 0.246 e. The highest BCUT2D eigenvalue weighted by Gasteiger charge is 2.50. The number of aliphatic hydroxyl groups is 1. The summed E-state index contributed by atoms with van der Waals surface area (Å²) in [6, 6.07) is 11.7. The number of thiophene rings is 1. The molecule has 4 amide bonds. The molecule has 5 aromatic rings. The molecule has 0 radical (unpaired) electrons. The molecule has 0 saturated carbocycles. The molecule has 0 bridgehead atoms. The van der Waals surface area contributed by atoms with Gasteiger partial charge in [-0.3, -0.25) is 28.7 Å². The lowest BCUT2D eigenvalue weighted by atomic mass is 9.85. The molecule has 0 spiro atoms. The van der Waals surface area contributed by atoms with Crippen molar-refractivity contribution in [2.24, 2.45) is 10.4 Å². The van der Waals surface area contributed by atoms with Gasteiger partial charge >= 0.3 is 0 Å². The van der Waals surface area contributed by atoms with Gasteiger partial charge in [-0.15, -0.1) is 32.9 Å². The molecule has 2 aliphatic rings. The largest absolute Gasteiger partial charge is 0.388 e. The first-order valence-corrected chi connectivity index (χ1v) is 25.1. The third-order valence-corrected chi connectivity index (χ3v) is 14.5. The number of amides is 4. The van der Waals surface area contributed by atoms with E-state index in [9.17, 15) is 24.3 Å². The highest BCUT2D eigenvalue weighted by atomic mass is 35.5. The number of carbonyl (C=O) groups excluding carboxylic acids is 4. The SMILES string of the molecule is Cc1ncsc1-c1ccc(CNC(=O)[C@@H]2[C@H](F)[C@@H](O)CN2C(=O)C(NC(=O)COCCOCCOCCNC(=O)C[C@@H]2N=C(c3ccc(Cl)cc3)c3c(sc(C)c3C)-n3c(C)nnc32)C(C)(C)C)cc1. The van der Waals surface area contributed by atoms with Crippen LogP contribution in [0.2, 0.25) is 5.02 Å². The number of fused-ring (bicyclic) bond motifs is 3. The number of nitrogens with one attached hydrogen (secondary N) is 3. The van der Waals surface area contributed by atoms with E-state index in [-0.39, 0.29) is 65.1 Å². The molecule has 70 heavy (non-hydrogen) atoms. The van der Waals surface area contributed by atoms with Crippen molar-refractivity contribution in [1.29, 1.82) is 0 Å². The quantitative estimate of drug-likeness (QED) is 0.0711. The molecule has 0 aliphatic carbocycles. The highest BCUT2D eigenvalue weighted by molar-refractivity contribution is 7.15. The van der Waals surface area contributed by atoms with Crippen molar-refractivity contribution >= 4 is 63.6 Å². The standard InChI is InChI=1S/C49H59ClFN9O8S2/c1-27-29(3)70-48-39(27)41(32-12-14-34(50)15-13-32)55-35(45-58-57-30(4)60(45)48)22-37(62)52-16-17-66-18-19-67-20-21-68-25-38(63)56-44(49(5,6)7)47(65)59-24-36(61)40(51)42(59)46(64)53-23-31-8-10-33(11-9-31)43-28(2)54-26-69-43/h8-15,26,35-36,40,42,44,61H,16-25H2,1-7H3,(H,52,62)(H,53,64)(H,56,63)/t35-,36-,40+,42-,44?/m0/s1. The third-order valence-electron chi connectivity index (χ3n) is 12.1. The zero-order valence-electron chi connectivity index (χ0n) is 40.2. The number of ether oxygens (including phenoxy) is 3. The van der Waals surface area contributed by atoms with Gasteiger partial charge in [0.1, 0.15) is 41.7 Å². The number of benzene rings is 2. The Hall–Kier alpha value is -5.48. The predicted molar refractivity (Wildman–Crippen MR) is 265 cm³/mol. The van der Waals surface area contributed by atoms with Gasteiger partial charge in [0.25, 0.3) is 0 Å². The lowest BCUT2D eigenvalue weighted by Crippen LogP contribution is -2.59. The number of thiazole rings is 1. The Morgan fingerprint density at radius 2 is 1.57 bits per heavy atom. The predicted octanol–water partition coefficient (Wildman–Crippen LogP) is 5.54.